The maximum Gasteiger partial charge on any atom is 0.407 e. The van der Waals surface area contributed by atoms with E-state index in [-0.39, 0.29) is 18.0 Å². The third-order valence-electron chi connectivity index (χ3n) is 4.28. The lowest BCUT2D eigenvalue weighted by Crippen LogP contribution is -2.46. The van der Waals surface area contributed by atoms with Crippen LogP contribution in [-0.4, -0.2) is 48.2 Å². The smallest absolute Gasteiger partial charge is 0.407 e. The number of carbonyl (C=O) groups excluding carboxylic acids is 2. The van der Waals surface area contributed by atoms with Crippen LogP contribution in [0.5, 0.6) is 0 Å². The first-order valence-corrected chi connectivity index (χ1v) is 9.57. The molecule has 2 atom stereocenters. The maximum absolute atomic E-state index is 13.4. The van der Waals surface area contributed by atoms with Crippen molar-refractivity contribution in [2.75, 3.05) is 25.1 Å². The van der Waals surface area contributed by atoms with Crippen molar-refractivity contribution in [3.05, 3.63) is 35.1 Å². The van der Waals surface area contributed by atoms with Gasteiger partial charge >= 0.3 is 12.1 Å². The average molecular weight is 369 g/mol. The Bertz CT molecular complexity index is 629. The second-order valence-corrected chi connectivity index (χ2v) is 7.01. The van der Waals surface area contributed by atoms with Crippen molar-refractivity contribution in [3.63, 3.8) is 0 Å². The number of carbonyl (C=O) groups is 2. The van der Waals surface area contributed by atoms with Gasteiger partial charge in [-0.3, -0.25) is 0 Å². The van der Waals surface area contributed by atoms with E-state index in [1.807, 2.05) is 6.26 Å². The Labute approximate surface area is 151 Å². The Kier molecular flexibility index (Phi) is 6.92. The Balaban J connectivity index is 2.08. The van der Waals surface area contributed by atoms with Gasteiger partial charge in [-0.05, 0) is 36.4 Å². The number of alkyl carbamates (subject to hydrolysis) is 1. The third-order valence-corrected chi connectivity index (χ3v) is 4.89. The van der Waals surface area contributed by atoms with Crippen LogP contribution in [0.1, 0.15) is 30.0 Å². The molecule has 1 aliphatic rings. The highest BCUT2D eigenvalue weighted by atomic mass is 32.2. The SMILES string of the molecule is CSCCNC(=O)OC1CCN(C(N)=O)C(c2ccc(F)cc2C)C1. The first-order valence-electron chi connectivity index (χ1n) is 8.18. The largest absolute Gasteiger partial charge is 0.446 e. The van der Waals surface area contributed by atoms with Crippen molar-refractivity contribution in [2.24, 2.45) is 5.73 Å². The number of piperidine rings is 1. The number of aryl methyl sites for hydroxylation is 1. The molecule has 3 amide bonds. The average Bonchev–Trinajstić information content (AvgIpc) is 2.55. The van der Waals surface area contributed by atoms with Crippen LogP contribution >= 0.6 is 11.8 Å². The van der Waals surface area contributed by atoms with Crippen molar-refractivity contribution in [3.8, 4) is 0 Å². The molecule has 1 aromatic rings. The first-order chi connectivity index (χ1) is 11.9. The molecule has 138 valence electrons. The van der Waals surface area contributed by atoms with E-state index in [0.29, 0.717) is 25.9 Å². The number of rotatable bonds is 5. The minimum atomic E-state index is -0.531. The number of nitrogens with one attached hydrogen (secondary N) is 1. The highest BCUT2D eigenvalue weighted by Crippen LogP contribution is 2.34. The number of nitrogens with zero attached hydrogens (tertiary/aromatic N) is 1. The predicted molar refractivity (Wildman–Crippen MR) is 96.1 cm³/mol. The van der Waals surface area contributed by atoms with Crippen LogP contribution in [-0.2, 0) is 4.74 Å². The second kappa shape index (κ2) is 8.94. The summed E-state index contributed by atoms with van der Waals surface area (Å²) in [5.41, 5.74) is 7.05. The van der Waals surface area contributed by atoms with Crippen molar-refractivity contribution in [2.45, 2.75) is 31.9 Å². The molecule has 0 saturated carbocycles. The fourth-order valence-electron chi connectivity index (χ4n) is 3.06. The molecule has 3 N–H and O–H groups in total. The standard InChI is InChI=1S/C17H24FN3O3S/c1-11-9-12(18)3-4-14(11)15-10-13(5-7-21(15)16(19)22)24-17(23)20-6-8-25-2/h3-4,9,13,15H,5-8,10H2,1-2H3,(H2,19,22)(H,20,23). The Morgan fingerprint density at radius 1 is 1.48 bits per heavy atom. The third kappa shape index (κ3) is 5.26. The van der Waals surface area contributed by atoms with Crippen LogP contribution in [0, 0.1) is 12.7 Å². The number of nitrogens with two attached hydrogens (primary N) is 1. The zero-order valence-electron chi connectivity index (χ0n) is 14.5. The molecule has 0 aliphatic carbocycles. The van der Waals surface area contributed by atoms with E-state index >= 15 is 0 Å². The van der Waals surface area contributed by atoms with Gasteiger partial charge in [-0.1, -0.05) is 6.07 Å². The molecular weight excluding hydrogens is 345 g/mol. The van der Waals surface area contributed by atoms with Crippen LogP contribution < -0.4 is 11.1 Å². The van der Waals surface area contributed by atoms with Gasteiger partial charge in [0.2, 0.25) is 0 Å². The normalized spacial score (nSPS) is 20.2. The number of amides is 3. The summed E-state index contributed by atoms with van der Waals surface area (Å²) in [5, 5.41) is 2.70. The van der Waals surface area contributed by atoms with Gasteiger partial charge in [0.05, 0.1) is 6.04 Å². The quantitative estimate of drug-likeness (QED) is 0.782. The minimum Gasteiger partial charge on any atom is -0.446 e. The molecule has 2 rings (SSSR count). The summed E-state index contributed by atoms with van der Waals surface area (Å²) < 4.78 is 18.9. The number of primary amides is 1. The zero-order chi connectivity index (χ0) is 18.4. The molecule has 1 heterocycles. The second-order valence-electron chi connectivity index (χ2n) is 6.02. The predicted octanol–water partition coefficient (Wildman–Crippen LogP) is 2.81. The van der Waals surface area contributed by atoms with Crippen molar-refractivity contribution >= 4 is 23.9 Å². The van der Waals surface area contributed by atoms with Crippen molar-refractivity contribution < 1.29 is 18.7 Å². The van der Waals surface area contributed by atoms with Crippen LogP contribution in [0.15, 0.2) is 18.2 Å². The van der Waals surface area contributed by atoms with Gasteiger partial charge in [0, 0.05) is 31.7 Å². The number of hydrogen-bond donors (Lipinski definition) is 2. The van der Waals surface area contributed by atoms with Crippen LogP contribution in [0.25, 0.3) is 0 Å². The summed E-state index contributed by atoms with van der Waals surface area (Å²) in [6.45, 7) is 2.72. The molecule has 8 heteroatoms. The molecule has 2 unspecified atom stereocenters. The fraction of sp³-hybridized carbons (Fsp3) is 0.529. The van der Waals surface area contributed by atoms with E-state index in [9.17, 15) is 14.0 Å². The molecule has 1 fully saturated rings. The Hall–Kier alpha value is -1.96. The summed E-state index contributed by atoms with van der Waals surface area (Å²) in [6.07, 6.45) is 2.14. The summed E-state index contributed by atoms with van der Waals surface area (Å²) in [4.78, 5) is 25.2. The Morgan fingerprint density at radius 2 is 2.24 bits per heavy atom. The number of ether oxygens (including phenoxy) is 1. The zero-order valence-corrected chi connectivity index (χ0v) is 15.3. The highest BCUT2D eigenvalue weighted by Gasteiger charge is 2.34. The summed E-state index contributed by atoms with van der Waals surface area (Å²) in [6, 6.07) is 3.58. The van der Waals surface area contributed by atoms with Crippen LogP contribution in [0.2, 0.25) is 0 Å². The lowest BCUT2D eigenvalue weighted by molar-refractivity contribution is 0.0373. The van der Waals surface area contributed by atoms with E-state index in [4.69, 9.17) is 10.5 Å². The van der Waals surface area contributed by atoms with E-state index in [1.54, 1.807) is 29.7 Å². The summed E-state index contributed by atoms with van der Waals surface area (Å²) >= 11 is 1.63. The molecule has 0 radical (unpaired) electrons. The van der Waals surface area contributed by atoms with Gasteiger partial charge < -0.3 is 20.7 Å². The molecule has 1 aromatic carbocycles. The molecule has 0 bridgehead atoms. The summed E-state index contributed by atoms with van der Waals surface area (Å²) in [5.74, 6) is 0.482. The van der Waals surface area contributed by atoms with Gasteiger partial charge in [-0.15, -0.1) is 0 Å². The van der Waals surface area contributed by atoms with Crippen molar-refractivity contribution in [1.29, 1.82) is 0 Å². The number of urea groups is 1. The van der Waals surface area contributed by atoms with E-state index in [1.165, 1.54) is 12.1 Å². The van der Waals surface area contributed by atoms with Crippen LogP contribution in [0.4, 0.5) is 14.0 Å². The molecule has 6 nitrogen and oxygen atoms in total. The van der Waals surface area contributed by atoms with E-state index in [2.05, 4.69) is 5.32 Å². The molecule has 1 saturated heterocycles. The van der Waals surface area contributed by atoms with Gasteiger partial charge in [-0.25, -0.2) is 14.0 Å². The van der Waals surface area contributed by atoms with Gasteiger partial charge in [0.25, 0.3) is 0 Å². The van der Waals surface area contributed by atoms with Crippen LogP contribution in [0.3, 0.4) is 0 Å². The highest BCUT2D eigenvalue weighted by molar-refractivity contribution is 7.98. The van der Waals surface area contributed by atoms with Gasteiger partial charge in [-0.2, -0.15) is 11.8 Å². The number of benzene rings is 1. The monoisotopic (exact) mass is 369 g/mol. The minimum absolute atomic E-state index is 0.320. The van der Waals surface area contributed by atoms with Crippen molar-refractivity contribution in [1.82, 2.24) is 10.2 Å². The maximum atomic E-state index is 13.4. The fourth-order valence-corrected chi connectivity index (χ4v) is 3.37. The number of hydrogen-bond acceptors (Lipinski definition) is 4. The van der Waals surface area contributed by atoms with Gasteiger partial charge in [0.15, 0.2) is 0 Å². The molecule has 0 aromatic heterocycles. The number of likely N-dealkylation sites (tertiary alicyclic amines) is 1. The molecular formula is C17H24FN3O3S. The number of halogens is 1. The van der Waals surface area contributed by atoms with Gasteiger partial charge in [0.1, 0.15) is 11.9 Å². The molecule has 0 spiro atoms. The lowest BCUT2D eigenvalue weighted by Gasteiger charge is -2.39. The Morgan fingerprint density at radius 3 is 2.88 bits per heavy atom. The molecule has 25 heavy (non-hydrogen) atoms. The topological polar surface area (TPSA) is 84.7 Å². The molecule has 1 aliphatic heterocycles. The van der Waals surface area contributed by atoms with E-state index < -0.39 is 12.1 Å². The van der Waals surface area contributed by atoms with E-state index in [0.717, 1.165) is 16.9 Å². The first kappa shape index (κ1) is 19.4. The lowest BCUT2D eigenvalue weighted by atomic mass is 9.91. The summed E-state index contributed by atoms with van der Waals surface area (Å²) in [7, 11) is 0. The number of thioether (sulfide) groups is 1.